The van der Waals surface area contributed by atoms with Crippen molar-refractivity contribution in [2.45, 2.75) is 87.3 Å². The third-order valence-corrected chi connectivity index (χ3v) is 9.23. The van der Waals surface area contributed by atoms with E-state index in [2.05, 4.69) is 10.2 Å². The third-order valence-electron chi connectivity index (χ3n) is 9.23. The first-order valence-electron chi connectivity index (χ1n) is 14.4. The Bertz CT molecular complexity index is 1270. The van der Waals surface area contributed by atoms with Crippen LogP contribution in [0.5, 0.6) is 0 Å². The molecule has 5 rings (SSSR count). The average Bonchev–Trinajstić information content (AvgIpc) is 3.41. The van der Waals surface area contributed by atoms with Gasteiger partial charge in [0.05, 0.1) is 35.3 Å². The van der Waals surface area contributed by atoms with E-state index < -0.39 is 63.9 Å². The van der Waals surface area contributed by atoms with E-state index in [4.69, 9.17) is 9.47 Å². The number of carbonyl (C=O) groups is 1. The van der Waals surface area contributed by atoms with E-state index >= 15 is 4.39 Å². The summed E-state index contributed by atoms with van der Waals surface area (Å²) in [5.74, 6) is -1.41. The van der Waals surface area contributed by atoms with Crippen LogP contribution < -0.4 is 5.32 Å². The molecule has 12 heteroatoms. The van der Waals surface area contributed by atoms with E-state index in [9.17, 15) is 31.1 Å². The maximum atomic E-state index is 16.1. The van der Waals surface area contributed by atoms with Crippen molar-refractivity contribution < 1.29 is 45.0 Å². The van der Waals surface area contributed by atoms with Crippen molar-refractivity contribution in [3.8, 4) is 0 Å². The zero-order chi connectivity index (χ0) is 31.3. The minimum absolute atomic E-state index is 0.0330. The highest BCUT2D eigenvalue weighted by Crippen LogP contribution is 2.44. The van der Waals surface area contributed by atoms with Gasteiger partial charge in [-0.3, -0.25) is 9.69 Å². The summed E-state index contributed by atoms with van der Waals surface area (Å²) in [6.07, 6.45) is -9.64. The first-order chi connectivity index (χ1) is 20.0. The number of hydrogen-bond acceptors (Lipinski definition) is 4. The zero-order valence-electron chi connectivity index (χ0n) is 24.0. The van der Waals surface area contributed by atoms with Crippen molar-refractivity contribution in [3.05, 3.63) is 70.8 Å². The fourth-order valence-electron chi connectivity index (χ4n) is 6.56. The van der Waals surface area contributed by atoms with Crippen molar-refractivity contribution in [2.75, 3.05) is 26.3 Å². The highest BCUT2D eigenvalue weighted by atomic mass is 19.4. The second-order valence-corrected chi connectivity index (χ2v) is 12.3. The molecule has 0 radical (unpaired) electrons. The van der Waals surface area contributed by atoms with Crippen LogP contribution in [-0.4, -0.2) is 55.1 Å². The van der Waals surface area contributed by atoms with Gasteiger partial charge in [0.2, 0.25) is 5.91 Å². The second-order valence-electron chi connectivity index (χ2n) is 12.3. The number of halogens is 7. The van der Waals surface area contributed by atoms with E-state index in [-0.39, 0.29) is 12.5 Å². The predicted molar refractivity (Wildman–Crippen MR) is 144 cm³/mol. The molecule has 5 nitrogen and oxygen atoms in total. The number of carbonyl (C=O) groups excluding carboxylic acids is 1. The van der Waals surface area contributed by atoms with Gasteiger partial charge in [0, 0.05) is 38.4 Å². The van der Waals surface area contributed by atoms with Gasteiger partial charge < -0.3 is 14.8 Å². The molecule has 1 spiro atoms. The van der Waals surface area contributed by atoms with Crippen LogP contribution in [0.1, 0.15) is 68.2 Å². The Balaban J connectivity index is 1.40. The van der Waals surface area contributed by atoms with Gasteiger partial charge in [-0.2, -0.15) is 26.3 Å². The van der Waals surface area contributed by atoms with Gasteiger partial charge in [0.25, 0.3) is 0 Å². The molecule has 0 aromatic heterocycles. The summed E-state index contributed by atoms with van der Waals surface area (Å²) in [5.41, 5.74) is -5.86. The maximum absolute atomic E-state index is 16.1. The normalized spacial score (nSPS) is 26.9. The van der Waals surface area contributed by atoms with Crippen molar-refractivity contribution in [1.82, 2.24) is 10.2 Å². The molecule has 1 N–H and O–H groups in total. The fraction of sp³-hybridized carbons (Fsp3) is 0.581. The van der Waals surface area contributed by atoms with Gasteiger partial charge >= 0.3 is 12.4 Å². The van der Waals surface area contributed by atoms with Gasteiger partial charge in [-0.1, -0.05) is 30.3 Å². The summed E-state index contributed by atoms with van der Waals surface area (Å²) >= 11 is 0. The smallest absolute Gasteiger partial charge is 0.347 e. The second kappa shape index (κ2) is 11.3. The Morgan fingerprint density at radius 3 is 1.91 bits per heavy atom. The molecule has 1 saturated carbocycles. The van der Waals surface area contributed by atoms with Gasteiger partial charge in [-0.25, -0.2) is 4.39 Å². The Hall–Kier alpha value is -2.70. The lowest BCUT2D eigenvalue weighted by atomic mass is 9.72. The molecule has 3 aliphatic rings. The predicted octanol–water partition coefficient (Wildman–Crippen LogP) is 6.74. The quantitative estimate of drug-likeness (QED) is 0.378. The number of ether oxygens (including phenoxy) is 2. The summed E-state index contributed by atoms with van der Waals surface area (Å²) in [7, 11) is 0. The van der Waals surface area contributed by atoms with Crippen LogP contribution in [0.2, 0.25) is 0 Å². The van der Waals surface area contributed by atoms with Crippen LogP contribution in [0.25, 0.3) is 0 Å². The lowest BCUT2D eigenvalue weighted by Gasteiger charge is -2.49. The topological polar surface area (TPSA) is 50.8 Å². The van der Waals surface area contributed by atoms with Crippen LogP contribution in [0.15, 0.2) is 48.5 Å². The van der Waals surface area contributed by atoms with Crippen molar-refractivity contribution in [3.63, 3.8) is 0 Å². The minimum Gasteiger partial charge on any atom is -0.347 e. The molecular formula is C31H35F7N2O3. The molecule has 1 aliphatic carbocycles. The molecule has 2 heterocycles. The van der Waals surface area contributed by atoms with Crippen molar-refractivity contribution in [1.29, 1.82) is 0 Å². The Kier molecular flexibility index (Phi) is 8.36. The highest BCUT2D eigenvalue weighted by Gasteiger charge is 2.49. The number of nitrogens with one attached hydrogen (secondary N) is 1. The lowest BCUT2D eigenvalue weighted by molar-refractivity contribution is -0.190. The zero-order valence-corrected chi connectivity index (χ0v) is 24.0. The van der Waals surface area contributed by atoms with Gasteiger partial charge in [-0.15, -0.1) is 0 Å². The van der Waals surface area contributed by atoms with E-state index in [0.717, 1.165) is 0 Å². The summed E-state index contributed by atoms with van der Waals surface area (Å²) < 4.78 is 109. The van der Waals surface area contributed by atoms with Crippen LogP contribution in [0, 0.1) is 0 Å². The number of rotatable bonds is 5. The summed E-state index contributed by atoms with van der Waals surface area (Å²) in [4.78, 5) is 15.9. The average molecular weight is 617 g/mol. The van der Waals surface area contributed by atoms with E-state index in [1.54, 1.807) is 30.3 Å². The lowest BCUT2D eigenvalue weighted by Crippen LogP contribution is -2.59. The van der Waals surface area contributed by atoms with Gasteiger partial charge in [0.15, 0.2) is 5.79 Å². The summed E-state index contributed by atoms with van der Waals surface area (Å²) in [6, 6.07) is 9.48. The molecule has 3 fully saturated rings. The molecular weight excluding hydrogens is 581 g/mol. The van der Waals surface area contributed by atoms with Crippen LogP contribution in [0.3, 0.4) is 0 Å². The van der Waals surface area contributed by atoms with E-state index in [1.165, 1.54) is 13.8 Å². The Morgan fingerprint density at radius 2 is 1.40 bits per heavy atom. The number of nitrogens with zero attached hydrogens (tertiary/aromatic N) is 1. The van der Waals surface area contributed by atoms with Crippen LogP contribution >= 0.6 is 0 Å². The number of likely N-dealkylation sites (tertiary alicyclic amines) is 1. The number of hydrogen-bond donors (Lipinski definition) is 1. The molecule has 43 heavy (non-hydrogen) atoms. The molecule has 2 aromatic rings. The standard InChI is InChI=1S/C31H35F7N2O3/c1-27(2,21-16-22(30(33,34)35)18-23(17-21)31(36,37)38)26(41)39-28(20-6-4-3-5-7-20)9-8-25(24(32)19-28)40-12-10-29(11-13-40)42-14-15-43-29/h3-7,16-18,24-25H,8-15,19H2,1-2H3,(H,39,41)/t24-,25+,28+/m0/s1. The maximum Gasteiger partial charge on any atom is 0.416 e. The summed E-state index contributed by atoms with van der Waals surface area (Å²) in [5, 5.41) is 2.90. The number of amides is 1. The minimum atomic E-state index is -5.06. The van der Waals surface area contributed by atoms with E-state index in [0.29, 0.717) is 69.7 Å². The molecule has 1 amide bonds. The molecule has 2 saturated heterocycles. The molecule has 2 aliphatic heterocycles. The highest BCUT2D eigenvalue weighted by molar-refractivity contribution is 5.88. The SMILES string of the molecule is CC(C)(C(=O)N[C@]1(c2ccccc2)CC[C@@H](N2CCC3(CC2)OCCO3)[C@@H](F)C1)c1cc(C(F)(F)F)cc(C(F)(F)F)c1. The van der Waals surface area contributed by atoms with Crippen LogP contribution in [0.4, 0.5) is 30.7 Å². The first-order valence-corrected chi connectivity index (χ1v) is 14.4. The number of benzene rings is 2. The van der Waals surface area contributed by atoms with Crippen molar-refractivity contribution >= 4 is 5.91 Å². The molecule has 236 valence electrons. The number of alkyl halides is 7. The largest absolute Gasteiger partial charge is 0.416 e. The number of piperidine rings is 1. The monoisotopic (exact) mass is 616 g/mol. The fourth-order valence-corrected chi connectivity index (χ4v) is 6.56. The third kappa shape index (κ3) is 6.42. The molecule has 2 aromatic carbocycles. The molecule has 0 unspecified atom stereocenters. The molecule has 0 bridgehead atoms. The molecule has 3 atom stereocenters. The van der Waals surface area contributed by atoms with Crippen molar-refractivity contribution in [2.24, 2.45) is 0 Å². The van der Waals surface area contributed by atoms with Crippen LogP contribution in [-0.2, 0) is 37.6 Å². The van der Waals surface area contributed by atoms with E-state index in [1.807, 2.05) is 0 Å². The first kappa shape index (κ1) is 31.7. The summed E-state index contributed by atoms with van der Waals surface area (Å²) in [6.45, 7) is 4.77. The Labute approximate surface area is 245 Å². The van der Waals surface area contributed by atoms with Gasteiger partial charge in [0.1, 0.15) is 6.17 Å². The Morgan fingerprint density at radius 1 is 0.860 bits per heavy atom. The van der Waals surface area contributed by atoms with Gasteiger partial charge in [-0.05, 0) is 56.0 Å².